The number of nitrogens with zero attached hydrogens (tertiary/aromatic N) is 3. The predicted octanol–water partition coefficient (Wildman–Crippen LogP) is 2.66. The number of nitrogens with one attached hydrogen (secondary N) is 1. The first-order valence-corrected chi connectivity index (χ1v) is 10.6. The molecule has 8 heteroatoms. The molecule has 168 valence electrons. The molecule has 7 nitrogen and oxygen atoms in total. The second-order valence-corrected chi connectivity index (χ2v) is 7.73. The van der Waals surface area contributed by atoms with Gasteiger partial charge in [-0.3, -0.25) is 4.79 Å². The number of aryl methyl sites for hydroxylation is 1. The molecule has 0 aliphatic carbocycles. The van der Waals surface area contributed by atoms with E-state index in [1.54, 1.807) is 7.11 Å². The van der Waals surface area contributed by atoms with E-state index in [1.807, 2.05) is 17.0 Å². The van der Waals surface area contributed by atoms with Crippen LogP contribution in [0.4, 0.5) is 0 Å². The number of morpholine rings is 1. The lowest BCUT2D eigenvalue weighted by atomic mass is 9.95. The first-order valence-electron chi connectivity index (χ1n) is 10.6. The van der Waals surface area contributed by atoms with E-state index in [9.17, 15) is 4.79 Å². The van der Waals surface area contributed by atoms with Gasteiger partial charge in [0.2, 0.25) is 5.91 Å². The molecule has 2 aliphatic heterocycles. The predicted molar refractivity (Wildman–Crippen MR) is 130 cm³/mol. The number of benzene rings is 1. The molecule has 2 saturated heterocycles. The van der Waals surface area contributed by atoms with Gasteiger partial charge in [0.05, 0.1) is 26.9 Å². The van der Waals surface area contributed by atoms with Crippen LogP contribution in [-0.2, 0) is 16.1 Å². The highest BCUT2D eigenvalue weighted by atomic mass is 127. The maximum absolute atomic E-state index is 12.8. The molecule has 0 radical (unpaired) electrons. The van der Waals surface area contributed by atoms with Crippen molar-refractivity contribution in [1.29, 1.82) is 0 Å². The number of aliphatic imine (C=N–C) groups is 1. The molecule has 30 heavy (non-hydrogen) atoms. The fraction of sp³-hybridized carbons (Fsp3) is 0.636. The zero-order chi connectivity index (χ0) is 20.6. The molecule has 3 rings (SSSR count). The van der Waals surface area contributed by atoms with Crippen LogP contribution in [0.25, 0.3) is 0 Å². The average Bonchev–Trinajstić information content (AvgIpc) is 2.76. The minimum atomic E-state index is 0. The van der Waals surface area contributed by atoms with E-state index in [1.165, 1.54) is 5.56 Å². The topological polar surface area (TPSA) is 66.4 Å². The lowest BCUT2D eigenvalue weighted by Gasteiger charge is -2.36. The fourth-order valence-electron chi connectivity index (χ4n) is 4.01. The number of hydrogen-bond acceptors (Lipinski definition) is 4. The number of hydrogen-bond donors (Lipinski definition) is 1. The van der Waals surface area contributed by atoms with Gasteiger partial charge in [0.1, 0.15) is 5.75 Å². The van der Waals surface area contributed by atoms with E-state index in [4.69, 9.17) is 14.5 Å². The summed E-state index contributed by atoms with van der Waals surface area (Å²) >= 11 is 0. The molecule has 0 saturated carbocycles. The summed E-state index contributed by atoms with van der Waals surface area (Å²) in [5.74, 6) is 2.20. The molecular weight excluding hydrogens is 495 g/mol. The number of carbonyl (C=O) groups excluding carboxylic acids is 1. The molecule has 0 unspecified atom stereocenters. The Morgan fingerprint density at radius 3 is 2.50 bits per heavy atom. The third kappa shape index (κ3) is 6.73. The van der Waals surface area contributed by atoms with Crippen molar-refractivity contribution in [3.63, 3.8) is 0 Å². The summed E-state index contributed by atoms with van der Waals surface area (Å²) in [4.78, 5) is 21.8. The van der Waals surface area contributed by atoms with Gasteiger partial charge in [0.15, 0.2) is 5.96 Å². The van der Waals surface area contributed by atoms with E-state index in [2.05, 4.69) is 30.1 Å². The normalized spacial score (nSPS) is 18.0. The Labute approximate surface area is 197 Å². The van der Waals surface area contributed by atoms with E-state index >= 15 is 0 Å². The first kappa shape index (κ1) is 24.7. The molecule has 2 heterocycles. The Hall–Kier alpha value is -1.55. The second kappa shape index (κ2) is 12.3. The van der Waals surface area contributed by atoms with Crippen molar-refractivity contribution in [3.05, 3.63) is 29.3 Å². The van der Waals surface area contributed by atoms with Gasteiger partial charge < -0.3 is 24.6 Å². The maximum atomic E-state index is 12.8. The molecule has 0 bridgehead atoms. The molecule has 0 spiro atoms. The molecule has 1 aromatic rings. The van der Waals surface area contributed by atoms with Crippen LogP contribution in [0, 0.1) is 12.8 Å². The number of piperidine rings is 1. The number of methoxy groups -OCH3 is 1. The van der Waals surface area contributed by atoms with Crippen molar-refractivity contribution in [1.82, 2.24) is 15.1 Å². The molecular formula is C22H35IN4O3. The number of halogens is 1. The Bertz CT molecular complexity index is 714. The van der Waals surface area contributed by atoms with Gasteiger partial charge >= 0.3 is 0 Å². The second-order valence-electron chi connectivity index (χ2n) is 7.73. The van der Waals surface area contributed by atoms with Crippen molar-refractivity contribution in [2.75, 3.05) is 53.0 Å². The fourth-order valence-corrected chi connectivity index (χ4v) is 4.01. The Balaban J connectivity index is 0.00000320. The van der Waals surface area contributed by atoms with E-state index in [0.29, 0.717) is 25.7 Å². The lowest BCUT2D eigenvalue weighted by Crippen LogP contribution is -2.50. The highest BCUT2D eigenvalue weighted by Crippen LogP contribution is 2.21. The van der Waals surface area contributed by atoms with Crippen molar-refractivity contribution in [2.24, 2.45) is 10.9 Å². The number of rotatable bonds is 5. The largest absolute Gasteiger partial charge is 0.497 e. The minimum absolute atomic E-state index is 0. The van der Waals surface area contributed by atoms with E-state index < -0.39 is 0 Å². The van der Waals surface area contributed by atoms with Crippen molar-refractivity contribution in [2.45, 2.75) is 33.2 Å². The van der Waals surface area contributed by atoms with Crippen LogP contribution in [0.3, 0.4) is 0 Å². The summed E-state index contributed by atoms with van der Waals surface area (Å²) < 4.78 is 10.7. The van der Waals surface area contributed by atoms with E-state index in [0.717, 1.165) is 62.8 Å². The van der Waals surface area contributed by atoms with Gasteiger partial charge in [-0.25, -0.2) is 4.99 Å². The number of likely N-dealkylation sites (tertiary alicyclic amines) is 1. The smallest absolute Gasteiger partial charge is 0.225 e. The Kier molecular flexibility index (Phi) is 10.2. The summed E-state index contributed by atoms with van der Waals surface area (Å²) in [6, 6.07) is 6.20. The van der Waals surface area contributed by atoms with Crippen LogP contribution in [0.2, 0.25) is 0 Å². The Morgan fingerprint density at radius 2 is 1.87 bits per heavy atom. The summed E-state index contributed by atoms with van der Waals surface area (Å²) in [7, 11) is 1.69. The summed E-state index contributed by atoms with van der Waals surface area (Å²) in [6.07, 6.45) is 1.75. The van der Waals surface area contributed by atoms with Crippen molar-refractivity contribution >= 4 is 35.8 Å². The highest BCUT2D eigenvalue weighted by molar-refractivity contribution is 14.0. The SMILES string of the molecule is CCNC(=NCc1cc(C)cc(OC)c1)N1CCC(C(=O)N2CCOCC2)CC1.I. The van der Waals surface area contributed by atoms with Crippen LogP contribution in [0.1, 0.15) is 30.9 Å². The van der Waals surface area contributed by atoms with Gasteiger partial charge in [-0.15, -0.1) is 24.0 Å². The van der Waals surface area contributed by atoms with Crippen LogP contribution < -0.4 is 10.1 Å². The van der Waals surface area contributed by atoms with Crippen LogP contribution in [-0.4, -0.2) is 74.7 Å². The van der Waals surface area contributed by atoms with Gasteiger partial charge in [0.25, 0.3) is 0 Å². The van der Waals surface area contributed by atoms with E-state index in [-0.39, 0.29) is 29.9 Å². The van der Waals surface area contributed by atoms with Crippen molar-refractivity contribution in [3.8, 4) is 5.75 Å². The van der Waals surface area contributed by atoms with Gasteiger partial charge in [-0.1, -0.05) is 6.07 Å². The summed E-state index contributed by atoms with van der Waals surface area (Å²) in [5, 5.41) is 3.41. The van der Waals surface area contributed by atoms with Crippen LogP contribution >= 0.6 is 24.0 Å². The maximum Gasteiger partial charge on any atom is 0.225 e. The quantitative estimate of drug-likeness (QED) is 0.361. The molecule has 1 N–H and O–H groups in total. The monoisotopic (exact) mass is 530 g/mol. The zero-order valence-electron chi connectivity index (χ0n) is 18.4. The average molecular weight is 530 g/mol. The number of guanidine groups is 1. The number of carbonyl (C=O) groups is 1. The minimum Gasteiger partial charge on any atom is -0.497 e. The lowest BCUT2D eigenvalue weighted by molar-refractivity contribution is -0.140. The molecule has 2 aliphatic rings. The molecule has 0 atom stereocenters. The molecule has 1 amide bonds. The number of amides is 1. The standard InChI is InChI=1S/C22H34N4O3.HI/c1-4-23-22(24-16-18-13-17(2)14-20(15-18)28-3)26-7-5-19(6-8-26)21(27)25-9-11-29-12-10-25;/h13-15,19H,4-12,16H2,1-3H3,(H,23,24);1H. The van der Waals surface area contributed by atoms with Gasteiger partial charge in [-0.2, -0.15) is 0 Å². The first-order chi connectivity index (χ1) is 14.1. The zero-order valence-corrected chi connectivity index (χ0v) is 20.7. The summed E-state index contributed by atoms with van der Waals surface area (Å²) in [5.41, 5.74) is 2.30. The van der Waals surface area contributed by atoms with Gasteiger partial charge in [-0.05, 0) is 49.9 Å². The van der Waals surface area contributed by atoms with Crippen LogP contribution in [0.5, 0.6) is 5.75 Å². The highest BCUT2D eigenvalue weighted by Gasteiger charge is 2.30. The van der Waals surface area contributed by atoms with Gasteiger partial charge in [0, 0.05) is 38.6 Å². The summed E-state index contributed by atoms with van der Waals surface area (Å²) in [6.45, 7) is 10.0. The third-order valence-electron chi connectivity index (χ3n) is 5.56. The Morgan fingerprint density at radius 1 is 1.17 bits per heavy atom. The van der Waals surface area contributed by atoms with Crippen LogP contribution in [0.15, 0.2) is 23.2 Å². The molecule has 2 fully saturated rings. The van der Waals surface area contributed by atoms with Crippen molar-refractivity contribution < 1.29 is 14.3 Å². The number of ether oxygens (including phenoxy) is 2. The third-order valence-corrected chi connectivity index (χ3v) is 5.56. The molecule has 1 aromatic carbocycles. The molecule has 0 aromatic heterocycles.